The summed E-state index contributed by atoms with van der Waals surface area (Å²) < 4.78 is 23.8. The lowest BCUT2D eigenvalue weighted by molar-refractivity contribution is 0.466. The van der Waals surface area contributed by atoms with Crippen molar-refractivity contribution in [2.45, 2.75) is 56.5 Å². The monoisotopic (exact) mass is 326 g/mol. The summed E-state index contributed by atoms with van der Waals surface area (Å²) in [5.41, 5.74) is 7.27. The summed E-state index contributed by atoms with van der Waals surface area (Å²) in [6, 6.07) is 4.12. The average Bonchev–Trinajstić information content (AvgIpc) is 2.75. The number of rotatable bonds is 4. The maximum Gasteiger partial charge on any atom is 0.200 e. The van der Waals surface area contributed by atoms with Crippen molar-refractivity contribution in [2.24, 2.45) is 5.92 Å². The molecule has 2 rings (SSSR count). The fourth-order valence-corrected chi connectivity index (χ4v) is 3.52. The Morgan fingerprint density at radius 3 is 2.23 bits per heavy atom. The molecular formula is C15H26N4O2S. The Kier molecular flexibility index (Phi) is 4.79. The van der Waals surface area contributed by atoms with Crippen LogP contribution in [0.15, 0.2) is 23.4 Å². The van der Waals surface area contributed by atoms with E-state index in [1.165, 1.54) is 0 Å². The van der Waals surface area contributed by atoms with E-state index in [9.17, 15) is 8.42 Å². The van der Waals surface area contributed by atoms with Gasteiger partial charge in [0.1, 0.15) is 0 Å². The molecule has 7 heteroatoms. The molecule has 1 aromatic rings. The van der Waals surface area contributed by atoms with E-state index in [2.05, 4.69) is 35.0 Å². The van der Waals surface area contributed by atoms with E-state index in [-0.39, 0.29) is 5.03 Å². The van der Waals surface area contributed by atoms with Crippen LogP contribution in [0.5, 0.6) is 0 Å². The molecule has 1 saturated heterocycles. The highest BCUT2D eigenvalue weighted by atomic mass is 32.2. The third-order valence-electron chi connectivity index (χ3n) is 4.18. The van der Waals surface area contributed by atoms with E-state index in [0.29, 0.717) is 18.0 Å². The van der Waals surface area contributed by atoms with Gasteiger partial charge in [-0.3, -0.25) is 10.9 Å². The summed E-state index contributed by atoms with van der Waals surface area (Å²) in [7, 11) is -3.40. The first-order valence-electron chi connectivity index (χ1n) is 7.58. The number of nitrogens with zero attached hydrogens (tertiary/aromatic N) is 1. The van der Waals surface area contributed by atoms with Crippen molar-refractivity contribution in [2.75, 3.05) is 11.9 Å². The van der Waals surface area contributed by atoms with Gasteiger partial charge in [0.25, 0.3) is 0 Å². The van der Waals surface area contributed by atoms with E-state index in [0.717, 1.165) is 12.2 Å². The minimum Gasteiger partial charge on any atom is -0.383 e. The first kappa shape index (κ1) is 17.2. The van der Waals surface area contributed by atoms with Crippen molar-refractivity contribution >= 4 is 15.5 Å². The van der Waals surface area contributed by atoms with Gasteiger partial charge in [-0.2, -0.15) is 0 Å². The number of hydrogen-bond donors (Lipinski definition) is 3. The average molecular weight is 326 g/mol. The second kappa shape index (κ2) is 6.14. The third kappa shape index (κ3) is 3.42. The molecule has 0 amide bonds. The van der Waals surface area contributed by atoms with E-state index in [1.54, 1.807) is 39.1 Å². The highest BCUT2D eigenvalue weighted by Crippen LogP contribution is 2.24. The first-order valence-corrected chi connectivity index (χ1v) is 9.07. The molecule has 2 heterocycles. The molecule has 6 nitrogen and oxygen atoms in total. The molecule has 0 spiro atoms. The van der Waals surface area contributed by atoms with Crippen LogP contribution in [-0.4, -0.2) is 36.8 Å². The van der Waals surface area contributed by atoms with Gasteiger partial charge in [-0.1, -0.05) is 0 Å². The quantitative estimate of drug-likeness (QED) is 0.779. The largest absolute Gasteiger partial charge is 0.383 e. The Morgan fingerprint density at radius 2 is 1.77 bits per heavy atom. The van der Waals surface area contributed by atoms with Crippen molar-refractivity contribution in [1.82, 2.24) is 15.8 Å². The predicted molar refractivity (Wildman–Crippen MR) is 88.4 cm³/mol. The van der Waals surface area contributed by atoms with Crippen LogP contribution in [0.4, 0.5) is 5.69 Å². The van der Waals surface area contributed by atoms with Crippen molar-refractivity contribution in [1.29, 1.82) is 0 Å². The van der Waals surface area contributed by atoms with Crippen molar-refractivity contribution < 1.29 is 8.42 Å². The van der Waals surface area contributed by atoms with E-state index in [4.69, 9.17) is 0 Å². The Balaban J connectivity index is 2.04. The number of pyridine rings is 1. The van der Waals surface area contributed by atoms with Crippen LogP contribution < -0.4 is 16.2 Å². The summed E-state index contributed by atoms with van der Waals surface area (Å²) >= 11 is 0. The second-order valence-corrected chi connectivity index (χ2v) is 9.56. The summed E-state index contributed by atoms with van der Waals surface area (Å²) in [6.45, 7) is 10.1. The standard InChI is InChI=1S/C15H26N4O2S/c1-10-13(11(2)19-18-10)9-16-12-6-7-14(17-8-12)22(20,21)15(3,4)5/h6-8,10-11,13,16,18-19H,9H2,1-5H3. The minimum absolute atomic E-state index is 0.122. The smallest absolute Gasteiger partial charge is 0.200 e. The molecule has 0 saturated carbocycles. The number of anilines is 1. The zero-order chi connectivity index (χ0) is 16.5. The van der Waals surface area contributed by atoms with Crippen molar-refractivity contribution in [3.63, 3.8) is 0 Å². The van der Waals surface area contributed by atoms with Crippen LogP contribution in [0.25, 0.3) is 0 Å². The Bertz CT molecular complexity index is 597. The minimum atomic E-state index is -3.40. The zero-order valence-corrected chi connectivity index (χ0v) is 14.7. The van der Waals surface area contributed by atoms with Gasteiger partial charge in [-0.15, -0.1) is 0 Å². The summed E-state index contributed by atoms with van der Waals surface area (Å²) in [6.07, 6.45) is 1.59. The van der Waals surface area contributed by atoms with Gasteiger partial charge in [-0.25, -0.2) is 13.4 Å². The van der Waals surface area contributed by atoms with Crippen LogP contribution >= 0.6 is 0 Å². The lowest BCUT2D eigenvalue weighted by Crippen LogP contribution is -2.30. The van der Waals surface area contributed by atoms with E-state index < -0.39 is 14.6 Å². The topological polar surface area (TPSA) is 83.1 Å². The maximum atomic E-state index is 12.3. The molecule has 0 aliphatic carbocycles. The summed E-state index contributed by atoms with van der Waals surface area (Å²) in [5.74, 6) is 0.456. The van der Waals surface area contributed by atoms with Crippen LogP contribution in [0, 0.1) is 5.92 Å². The Labute approximate surface area is 133 Å². The lowest BCUT2D eigenvalue weighted by atomic mass is 9.97. The number of hydrazine groups is 1. The van der Waals surface area contributed by atoms with Gasteiger partial charge in [0.2, 0.25) is 0 Å². The number of sulfone groups is 1. The van der Waals surface area contributed by atoms with Crippen LogP contribution in [-0.2, 0) is 9.84 Å². The molecule has 1 aromatic heterocycles. The summed E-state index contributed by atoms with van der Waals surface area (Å²) in [4.78, 5) is 4.12. The van der Waals surface area contributed by atoms with E-state index >= 15 is 0 Å². The van der Waals surface area contributed by atoms with Gasteiger partial charge in [0.05, 0.1) is 16.6 Å². The SMILES string of the molecule is CC1NNC(C)C1CNc1ccc(S(=O)(=O)C(C)(C)C)nc1. The molecular weight excluding hydrogens is 300 g/mol. The predicted octanol–water partition coefficient (Wildman–Crippen LogP) is 1.57. The molecule has 3 N–H and O–H groups in total. The van der Waals surface area contributed by atoms with Gasteiger partial charge < -0.3 is 5.32 Å². The zero-order valence-electron chi connectivity index (χ0n) is 13.8. The third-order valence-corrected chi connectivity index (χ3v) is 6.59. The Hall–Kier alpha value is -1.18. The lowest BCUT2D eigenvalue weighted by Gasteiger charge is -2.20. The van der Waals surface area contributed by atoms with Gasteiger partial charge in [0, 0.05) is 24.5 Å². The van der Waals surface area contributed by atoms with Crippen LogP contribution in [0.2, 0.25) is 0 Å². The molecule has 1 fully saturated rings. The van der Waals surface area contributed by atoms with Crippen molar-refractivity contribution in [3.8, 4) is 0 Å². The number of nitrogens with one attached hydrogen (secondary N) is 3. The molecule has 0 aromatic carbocycles. The molecule has 0 bridgehead atoms. The normalized spacial score (nSPS) is 26.1. The molecule has 22 heavy (non-hydrogen) atoms. The summed E-state index contributed by atoms with van der Waals surface area (Å²) in [5, 5.41) is 3.45. The van der Waals surface area contributed by atoms with Gasteiger partial charge in [-0.05, 0) is 46.8 Å². The maximum absolute atomic E-state index is 12.3. The highest BCUT2D eigenvalue weighted by molar-refractivity contribution is 7.92. The first-order chi connectivity index (χ1) is 10.1. The molecule has 0 radical (unpaired) electrons. The van der Waals surface area contributed by atoms with Crippen LogP contribution in [0.1, 0.15) is 34.6 Å². The van der Waals surface area contributed by atoms with E-state index in [1.807, 2.05) is 0 Å². The van der Waals surface area contributed by atoms with Crippen molar-refractivity contribution in [3.05, 3.63) is 18.3 Å². The highest BCUT2D eigenvalue weighted by Gasteiger charge is 2.32. The molecule has 2 unspecified atom stereocenters. The molecule has 124 valence electrons. The van der Waals surface area contributed by atoms with Gasteiger partial charge in [0.15, 0.2) is 14.9 Å². The second-order valence-electron chi connectivity index (χ2n) is 6.91. The Morgan fingerprint density at radius 1 is 1.18 bits per heavy atom. The molecule has 2 atom stereocenters. The number of hydrogen-bond acceptors (Lipinski definition) is 6. The van der Waals surface area contributed by atoms with Gasteiger partial charge >= 0.3 is 0 Å². The molecule has 1 aliphatic heterocycles. The number of aromatic nitrogens is 1. The molecule has 1 aliphatic rings. The fourth-order valence-electron chi connectivity index (χ4n) is 2.46. The van der Waals surface area contributed by atoms with Crippen LogP contribution in [0.3, 0.4) is 0 Å². The fraction of sp³-hybridized carbons (Fsp3) is 0.667.